The lowest BCUT2D eigenvalue weighted by Crippen LogP contribution is -2.50. The van der Waals surface area contributed by atoms with E-state index in [2.05, 4.69) is 21.7 Å². The molecule has 0 radical (unpaired) electrons. The minimum atomic E-state index is -0.624. The number of para-hydroxylation sites is 1. The number of nitrogens with zero attached hydrogens (tertiary/aromatic N) is 3. The molecule has 1 saturated carbocycles. The van der Waals surface area contributed by atoms with Crippen LogP contribution in [0.1, 0.15) is 41.7 Å². The molecule has 0 spiro atoms. The van der Waals surface area contributed by atoms with Crippen LogP contribution in [-0.2, 0) is 18.3 Å². The van der Waals surface area contributed by atoms with E-state index >= 15 is 0 Å². The molecule has 1 fully saturated rings. The predicted octanol–water partition coefficient (Wildman–Crippen LogP) is 3.11. The van der Waals surface area contributed by atoms with Gasteiger partial charge in [0.1, 0.15) is 11.7 Å². The first kappa shape index (κ1) is 21.6. The molecule has 2 amide bonds. The molecule has 164 valence electrons. The highest BCUT2D eigenvalue weighted by Gasteiger charge is 2.33. The van der Waals surface area contributed by atoms with Gasteiger partial charge < -0.3 is 15.2 Å². The van der Waals surface area contributed by atoms with Gasteiger partial charge in [-0.2, -0.15) is 5.26 Å². The molecule has 0 saturated heterocycles. The highest BCUT2D eigenvalue weighted by Crippen LogP contribution is 2.26. The number of benzene rings is 1. The van der Waals surface area contributed by atoms with E-state index in [4.69, 9.17) is 0 Å². The predicted molar refractivity (Wildman–Crippen MR) is 122 cm³/mol. The molecule has 7 nitrogen and oxygen atoms in total. The van der Waals surface area contributed by atoms with E-state index in [1.165, 1.54) is 0 Å². The smallest absolute Gasteiger partial charge is 0.268 e. The van der Waals surface area contributed by atoms with Crippen LogP contribution in [0.25, 0.3) is 10.9 Å². The molecule has 4 rings (SSSR count). The van der Waals surface area contributed by atoms with Crippen LogP contribution in [0, 0.1) is 17.2 Å². The molecular weight excluding hydrogens is 402 g/mol. The number of hydrogen-bond donors (Lipinski definition) is 2. The first-order valence-corrected chi connectivity index (χ1v) is 11.0. The van der Waals surface area contributed by atoms with Crippen LogP contribution < -0.4 is 10.6 Å². The highest BCUT2D eigenvalue weighted by atomic mass is 16.2. The van der Waals surface area contributed by atoms with E-state index in [0.717, 1.165) is 35.7 Å². The molecule has 1 aliphatic carbocycles. The quantitative estimate of drug-likeness (QED) is 0.629. The van der Waals surface area contributed by atoms with Crippen molar-refractivity contribution in [2.45, 2.75) is 44.2 Å². The summed E-state index contributed by atoms with van der Waals surface area (Å²) in [7, 11) is 1.87. The van der Waals surface area contributed by atoms with Crippen molar-refractivity contribution in [3.8, 4) is 6.07 Å². The van der Waals surface area contributed by atoms with E-state index in [0.29, 0.717) is 18.5 Å². The maximum Gasteiger partial charge on any atom is 0.268 e. The minimum Gasteiger partial charge on any atom is -0.347 e. The first-order chi connectivity index (χ1) is 15.6. The molecule has 2 heterocycles. The second-order valence-electron chi connectivity index (χ2n) is 8.37. The summed E-state index contributed by atoms with van der Waals surface area (Å²) in [6.07, 6.45) is 7.10. The summed E-state index contributed by atoms with van der Waals surface area (Å²) in [5.74, 6) is -0.703. The second-order valence-corrected chi connectivity index (χ2v) is 8.37. The summed E-state index contributed by atoms with van der Waals surface area (Å²) in [6, 6.07) is 14.7. The zero-order valence-electron chi connectivity index (χ0n) is 18.1. The van der Waals surface area contributed by atoms with Crippen LogP contribution in [0.3, 0.4) is 0 Å². The van der Waals surface area contributed by atoms with E-state index in [1.54, 1.807) is 12.4 Å². The van der Waals surface area contributed by atoms with Gasteiger partial charge in [0.05, 0.1) is 12.0 Å². The van der Waals surface area contributed by atoms with Crippen molar-refractivity contribution in [3.63, 3.8) is 0 Å². The van der Waals surface area contributed by atoms with Gasteiger partial charge in [0.25, 0.3) is 5.91 Å². The van der Waals surface area contributed by atoms with Crippen molar-refractivity contribution in [2.24, 2.45) is 13.0 Å². The average molecular weight is 430 g/mol. The van der Waals surface area contributed by atoms with Gasteiger partial charge in [-0.3, -0.25) is 14.6 Å². The van der Waals surface area contributed by atoms with Gasteiger partial charge in [0, 0.05) is 42.8 Å². The van der Waals surface area contributed by atoms with Crippen molar-refractivity contribution in [1.29, 1.82) is 5.26 Å². The Kier molecular flexibility index (Phi) is 6.50. The minimum absolute atomic E-state index is 0.173. The molecule has 1 aromatic carbocycles. The molecule has 0 aliphatic heterocycles. The van der Waals surface area contributed by atoms with Crippen LogP contribution in [0.2, 0.25) is 0 Å². The fraction of sp³-hybridized carbons (Fsp3) is 0.360. The number of fused-ring (bicyclic) bond motifs is 1. The summed E-state index contributed by atoms with van der Waals surface area (Å²) < 4.78 is 1.88. The van der Waals surface area contributed by atoms with E-state index < -0.39 is 6.04 Å². The Balaban J connectivity index is 1.44. The third-order valence-corrected chi connectivity index (χ3v) is 6.27. The Labute approximate surface area is 187 Å². The lowest BCUT2D eigenvalue weighted by atomic mass is 9.83. The zero-order chi connectivity index (χ0) is 22.5. The lowest BCUT2D eigenvalue weighted by Gasteiger charge is -2.31. The van der Waals surface area contributed by atoms with Crippen molar-refractivity contribution >= 4 is 22.7 Å². The summed E-state index contributed by atoms with van der Waals surface area (Å²) in [6.45, 7) is 0. The summed E-state index contributed by atoms with van der Waals surface area (Å²) in [5.41, 5.74) is 2.50. The molecule has 3 atom stereocenters. The van der Waals surface area contributed by atoms with Gasteiger partial charge in [-0.25, -0.2) is 0 Å². The van der Waals surface area contributed by atoms with Crippen molar-refractivity contribution in [1.82, 2.24) is 20.2 Å². The SMILES string of the molecule is Cn1c(C(=O)N[C@H]2CCCC[C@H]2C(=O)NC(C#N)Cc2ccncc2)cc2ccccc21. The number of pyridine rings is 1. The van der Waals surface area contributed by atoms with Gasteiger partial charge in [0.2, 0.25) is 5.91 Å². The largest absolute Gasteiger partial charge is 0.347 e. The number of aromatic nitrogens is 2. The molecule has 2 N–H and O–H groups in total. The number of hydrogen-bond acceptors (Lipinski definition) is 4. The fourth-order valence-corrected chi connectivity index (χ4v) is 4.53. The molecule has 3 aromatic rings. The molecule has 1 aliphatic rings. The van der Waals surface area contributed by atoms with E-state index in [1.807, 2.05) is 54.1 Å². The Morgan fingerprint density at radius 1 is 1.19 bits per heavy atom. The fourth-order valence-electron chi connectivity index (χ4n) is 4.53. The van der Waals surface area contributed by atoms with E-state index in [-0.39, 0.29) is 23.8 Å². The lowest BCUT2D eigenvalue weighted by molar-refractivity contribution is -0.127. The number of amides is 2. The van der Waals surface area contributed by atoms with Gasteiger partial charge >= 0.3 is 0 Å². The normalized spacial score (nSPS) is 19.1. The molecular formula is C25H27N5O2. The van der Waals surface area contributed by atoms with Gasteiger partial charge in [0.15, 0.2) is 0 Å². The van der Waals surface area contributed by atoms with Gasteiger partial charge in [-0.15, -0.1) is 0 Å². The summed E-state index contributed by atoms with van der Waals surface area (Å²) >= 11 is 0. The number of nitrogens with one attached hydrogen (secondary N) is 2. The maximum atomic E-state index is 13.1. The Morgan fingerprint density at radius 3 is 2.69 bits per heavy atom. The number of rotatable bonds is 6. The van der Waals surface area contributed by atoms with Crippen LogP contribution in [0.15, 0.2) is 54.9 Å². The van der Waals surface area contributed by atoms with Crippen LogP contribution in [-0.4, -0.2) is 33.4 Å². The zero-order valence-corrected chi connectivity index (χ0v) is 18.1. The Hall–Kier alpha value is -3.66. The molecule has 1 unspecified atom stereocenters. The van der Waals surface area contributed by atoms with Crippen molar-refractivity contribution in [3.05, 3.63) is 66.1 Å². The average Bonchev–Trinajstić information content (AvgIpc) is 3.16. The van der Waals surface area contributed by atoms with Crippen LogP contribution in [0.5, 0.6) is 0 Å². The second kappa shape index (κ2) is 9.65. The summed E-state index contributed by atoms with van der Waals surface area (Å²) in [4.78, 5) is 30.1. The van der Waals surface area contributed by atoms with Crippen LogP contribution in [0.4, 0.5) is 0 Å². The third kappa shape index (κ3) is 4.65. The van der Waals surface area contributed by atoms with Crippen LogP contribution >= 0.6 is 0 Å². The Bertz CT molecular complexity index is 1150. The van der Waals surface area contributed by atoms with Crippen molar-refractivity contribution in [2.75, 3.05) is 0 Å². The topological polar surface area (TPSA) is 99.8 Å². The maximum absolute atomic E-state index is 13.1. The standard InChI is InChI=1S/C25H27N5O2/c1-30-22-9-5-2-6-18(22)15-23(30)25(32)29-21-8-4-3-7-20(21)24(31)28-19(16-26)14-17-10-12-27-13-11-17/h2,5-6,9-13,15,19-21H,3-4,7-8,14H2,1H3,(H,28,31)(H,29,32)/t19?,20-,21+/m1/s1. The number of carbonyl (C=O) groups is 2. The van der Waals surface area contributed by atoms with Gasteiger partial charge in [-0.1, -0.05) is 31.0 Å². The van der Waals surface area contributed by atoms with Crippen molar-refractivity contribution < 1.29 is 9.59 Å². The number of aryl methyl sites for hydroxylation is 1. The summed E-state index contributed by atoms with van der Waals surface area (Å²) in [5, 5.41) is 16.5. The molecule has 7 heteroatoms. The molecule has 2 aromatic heterocycles. The third-order valence-electron chi connectivity index (χ3n) is 6.27. The van der Waals surface area contributed by atoms with E-state index in [9.17, 15) is 14.9 Å². The highest BCUT2D eigenvalue weighted by molar-refractivity contribution is 5.99. The first-order valence-electron chi connectivity index (χ1n) is 11.0. The molecule has 32 heavy (non-hydrogen) atoms. The Morgan fingerprint density at radius 2 is 1.94 bits per heavy atom. The number of carbonyl (C=O) groups excluding carboxylic acids is 2. The monoisotopic (exact) mass is 429 g/mol. The molecule has 0 bridgehead atoms. The van der Waals surface area contributed by atoms with Gasteiger partial charge in [-0.05, 0) is 42.7 Å². The number of nitriles is 1.